The molecule has 0 atom stereocenters. The molecule has 0 aliphatic rings. The minimum atomic E-state index is -0.365. The lowest BCUT2D eigenvalue weighted by atomic mass is 9.95. The molecule has 4 heterocycles. The highest BCUT2D eigenvalue weighted by Gasteiger charge is 2.20. The summed E-state index contributed by atoms with van der Waals surface area (Å²) in [4.78, 5) is 26.9. The Morgan fingerprint density at radius 1 is 1.09 bits per heavy atom. The van der Waals surface area contributed by atoms with Gasteiger partial charge >= 0.3 is 0 Å². The lowest BCUT2D eigenvalue weighted by Gasteiger charge is -2.18. The molecular weight excluding hydrogens is 452 g/mol. The van der Waals surface area contributed by atoms with Crippen molar-refractivity contribution in [3.05, 3.63) is 81.0 Å². The number of halogens is 1. The Labute approximate surface area is 203 Å². The van der Waals surface area contributed by atoms with E-state index in [1.165, 1.54) is 0 Å². The van der Waals surface area contributed by atoms with Crippen LogP contribution in [0.2, 0.25) is 5.02 Å². The van der Waals surface area contributed by atoms with Crippen molar-refractivity contribution in [2.75, 3.05) is 0 Å². The summed E-state index contributed by atoms with van der Waals surface area (Å²) < 4.78 is 9.07. The topological polar surface area (TPSA) is 87.7 Å². The van der Waals surface area contributed by atoms with Crippen LogP contribution in [0.4, 0.5) is 0 Å². The molecular formula is C25H27ClN6O2. The van der Waals surface area contributed by atoms with Gasteiger partial charge in [-0.3, -0.25) is 19.0 Å². The van der Waals surface area contributed by atoms with E-state index in [9.17, 15) is 4.79 Å². The first kappa shape index (κ1) is 23.6. The zero-order valence-corrected chi connectivity index (χ0v) is 20.9. The third-order valence-electron chi connectivity index (χ3n) is 5.35. The summed E-state index contributed by atoms with van der Waals surface area (Å²) >= 11 is 6.45. The van der Waals surface area contributed by atoms with E-state index >= 15 is 0 Å². The van der Waals surface area contributed by atoms with Crippen LogP contribution in [0.3, 0.4) is 0 Å². The van der Waals surface area contributed by atoms with Crippen molar-refractivity contribution in [1.82, 2.24) is 29.3 Å². The molecule has 0 bridgehead atoms. The first-order valence-corrected chi connectivity index (χ1v) is 11.3. The predicted octanol–water partition coefficient (Wildman–Crippen LogP) is 4.57. The monoisotopic (exact) mass is 478 g/mol. The maximum atomic E-state index is 13.3. The minimum absolute atomic E-state index is 0.0105. The highest BCUT2D eigenvalue weighted by Crippen LogP contribution is 2.27. The lowest BCUT2D eigenvalue weighted by molar-refractivity contribution is 0.299. The van der Waals surface area contributed by atoms with Crippen LogP contribution in [0.25, 0.3) is 17.1 Å². The molecule has 4 aromatic rings. The molecule has 0 spiro atoms. The number of aryl methyl sites for hydroxylation is 3. The summed E-state index contributed by atoms with van der Waals surface area (Å²) in [5.74, 6) is 1.04. The fourth-order valence-corrected chi connectivity index (χ4v) is 3.73. The molecule has 0 aliphatic heterocycles. The summed E-state index contributed by atoms with van der Waals surface area (Å²) in [6, 6.07) is 7.27. The third-order valence-corrected chi connectivity index (χ3v) is 5.70. The van der Waals surface area contributed by atoms with Crippen molar-refractivity contribution in [2.24, 2.45) is 7.05 Å². The van der Waals surface area contributed by atoms with Gasteiger partial charge in [-0.2, -0.15) is 5.10 Å². The second-order valence-electron chi connectivity index (χ2n) is 9.25. The van der Waals surface area contributed by atoms with Crippen LogP contribution in [0.1, 0.15) is 43.5 Å². The fraction of sp³-hybridized carbons (Fsp3) is 0.320. The third kappa shape index (κ3) is 4.72. The average Bonchev–Trinajstić information content (AvgIpc) is 3.21. The minimum Gasteiger partial charge on any atom is -0.485 e. The van der Waals surface area contributed by atoms with Crippen molar-refractivity contribution < 1.29 is 4.74 Å². The van der Waals surface area contributed by atoms with Crippen LogP contribution in [-0.4, -0.2) is 29.3 Å². The summed E-state index contributed by atoms with van der Waals surface area (Å²) in [6.45, 7) is 10.1. The van der Waals surface area contributed by atoms with Crippen LogP contribution in [0.15, 0.2) is 47.7 Å². The van der Waals surface area contributed by atoms with E-state index in [1.54, 1.807) is 27.7 Å². The van der Waals surface area contributed by atoms with Crippen LogP contribution < -0.4 is 10.3 Å². The van der Waals surface area contributed by atoms with Gasteiger partial charge in [0.25, 0.3) is 5.56 Å². The van der Waals surface area contributed by atoms with E-state index in [0.717, 1.165) is 17.1 Å². The van der Waals surface area contributed by atoms with Gasteiger partial charge in [0.2, 0.25) is 0 Å². The highest BCUT2D eigenvalue weighted by molar-refractivity contribution is 6.31. The molecule has 9 heteroatoms. The lowest BCUT2D eigenvalue weighted by Crippen LogP contribution is -2.23. The summed E-state index contributed by atoms with van der Waals surface area (Å²) in [5, 5.41) is 4.30. The molecule has 0 saturated carbocycles. The van der Waals surface area contributed by atoms with Crippen molar-refractivity contribution in [3.8, 4) is 22.8 Å². The molecule has 0 saturated heterocycles. The molecule has 4 aromatic heterocycles. The first-order chi connectivity index (χ1) is 16.0. The molecule has 0 amide bonds. The predicted molar refractivity (Wildman–Crippen MR) is 132 cm³/mol. The van der Waals surface area contributed by atoms with Crippen LogP contribution in [-0.2, 0) is 19.1 Å². The molecule has 0 radical (unpaired) electrons. The van der Waals surface area contributed by atoms with Gasteiger partial charge in [0.15, 0.2) is 0 Å². The summed E-state index contributed by atoms with van der Waals surface area (Å²) in [7, 11) is 1.83. The van der Waals surface area contributed by atoms with E-state index in [2.05, 4.69) is 35.8 Å². The molecule has 4 rings (SSSR count). The molecule has 34 heavy (non-hydrogen) atoms. The van der Waals surface area contributed by atoms with Crippen molar-refractivity contribution in [3.63, 3.8) is 0 Å². The number of rotatable bonds is 5. The van der Waals surface area contributed by atoms with Gasteiger partial charge in [0.1, 0.15) is 23.2 Å². The highest BCUT2D eigenvalue weighted by atomic mass is 35.5. The van der Waals surface area contributed by atoms with Gasteiger partial charge in [-0.1, -0.05) is 32.4 Å². The summed E-state index contributed by atoms with van der Waals surface area (Å²) in [5.41, 5.74) is 3.71. The van der Waals surface area contributed by atoms with Gasteiger partial charge in [0, 0.05) is 42.8 Å². The second kappa shape index (κ2) is 9.02. The van der Waals surface area contributed by atoms with Gasteiger partial charge in [-0.25, -0.2) is 9.97 Å². The SMILES string of the molecule is Cc1cnc(-c2ccnc(C(C)(C)C)n2)cc1-n1c(C)cc(OCc2ccn(C)n2)c(Cl)c1=O. The maximum absolute atomic E-state index is 13.3. The number of ether oxygens (including phenoxy) is 1. The van der Waals surface area contributed by atoms with E-state index in [-0.39, 0.29) is 22.6 Å². The molecule has 0 aliphatic carbocycles. The molecule has 0 aromatic carbocycles. The summed E-state index contributed by atoms with van der Waals surface area (Å²) in [6.07, 6.45) is 5.29. The van der Waals surface area contributed by atoms with E-state index in [4.69, 9.17) is 21.3 Å². The van der Waals surface area contributed by atoms with Crippen LogP contribution >= 0.6 is 11.6 Å². The van der Waals surface area contributed by atoms with Gasteiger partial charge < -0.3 is 4.74 Å². The van der Waals surface area contributed by atoms with Crippen LogP contribution in [0, 0.1) is 13.8 Å². The molecule has 8 nitrogen and oxygen atoms in total. The fourth-order valence-electron chi connectivity index (χ4n) is 3.53. The Balaban J connectivity index is 1.73. The number of hydrogen-bond donors (Lipinski definition) is 0. The number of hydrogen-bond acceptors (Lipinski definition) is 6. The Kier molecular flexibility index (Phi) is 6.27. The van der Waals surface area contributed by atoms with Gasteiger partial charge in [0.05, 0.1) is 22.8 Å². The smallest absolute Gasteiger partial charge is 0.277 e. The first-order valence-electron chi connectivity index (χ1n) is 10.9. The van der Waals surface area contributed by atoms with E-state index in [1.807, 2.05) is 45.3 Å². The number of pyridine rings is 2. The largest absolute Gasteiger partial charge is 0.485 e. The van der Waals surface area contributed by atoms with E-state index in [0.29, 0.717) is 28.5 Å². The Bertz CT molecular complexity index is 1420. The van der Waals surface area contributed by atoms with Gasteiger partial charge in [-0.15, -0.1) is 0 Å². The molecule has 0 fully saturated rings. The van der Waals surface area contributed by atoms with E-state index < -0.39 is 0 Å². The zero-order chi connectivity index (χ0) is 24.6. The van der Waals surface area contributed by atoms with Crippen LogP contribution in [0.5, 0.6) is 5.75 Å². The second-order valence-corrected chi connectivity index (χ2v) is 9.62. The molecule has 0 N–H and O–H groups in total. The van der Waals surface area contributed by atoms with Gasteiger partial charge in [-0.05, 0) is 37.6 Å². The molecule has 176 valence electrons. The maximum Gasteiger partial charge on any atom is 0.277 e. The zero-order valence-electron chi connectivity index (χ0n) is 20.1. The van der Waals surface area contributed by atoms with Crippen molar-refractivity contribution in [1.29, 1.82) is 0 Å². The normalized spacial score (nSPS) is 11.6. The van der Waals surface area contributed by atoms with Crippen molar-refractivity contribution in [2.45, 2.75) is 46.6 Å². The Hall–Kier alpha value is -3.52. The quantitative estimate of drug-likeness (QED) is 0.417. The molecule has 0 unspecified atom stereocenters. The average molecular weight is 479 g/mol. The number of aromatic nitrogens is 6. The Morgan fingerprint density at radius 3 is 2.53 bits per heavy atom. The number of nitrogens with zero attached hydrogens (tertiary/aromatic N) is 6. The Morgan fingerprint density at radius 2 is 1.85 bits per heavy atom. The van der Waals surface area contributed by atoms with Crippen molar-refractivity contribution >= 4 is 11.6 Å². The standard InChI is InChI=1S/C25H27ClN6O2/c1-15-13-28-19(18-7-9-27-24(29-18)25(3,4)5)12-20(15)32-16(2)11-21(22(26)23(32)33)34-14-17-8-10-31(6)30-17/h7-13H,14H2,1-6H3.